The number of aliphatic hydroxyl groups is 1. The lowest BCUT2D eigenvalue weighted by Gasteiger charge is -2.53. The molecule has 1 aliphatic rings. The molecule has 1 aliphatic carbocycles. The van der Waals surface area contributed by atoms with Crippen LogP contribution in [0.4, 0.5) is 0 Å². The van der Waals surface area contributed by atoms with Crippen LogP contribution in [0.15, 0.2) is 0 Å². The maximum Gasteiger partial charge on any atom is 0.307 e. The van der Waals surface area contributed by atoms with Gasteiger partial charge in [0.1, 0.15) is 0 Å². The highest BCUT2D eigenvalue weighted by molar-refractivity contribution is 5.72. The van der Waals surface area contributed by atoms with Gasteiger partial charge in [-0.25, -0.2) is 0 Å². The first-order valence-corrected chi connectivity index (χ1v) is 9.03. The van der Waals surface area contributed by atoms with Crippen molar-refractivity contribution in [3.05, 3.63) is 0 Å². The Morgan fingerprint density at radius 2 is 1.79 bits per heavy atom. The average molecular weight is 342 g/mol. The molecule has 1 fully saturated rings. The summed E-state index contributed by atoms with van der Waals surface area (Å²) in [5.74, 6) is -2.58. The van der Waals surface area contributed by atoms with Crippen molar-refractivity contribution >= 4 is 11.9 Å². The standard InChI is InChI=1S/C19H34O5/c1-6-18(4,24)11-8-13(16(22)23)19(5)10-7-9-17(2,3)14(19)12-15(20)21/h13-14,24H,6-12H2,1-5H3,(H,20,21)(H,22,23)/t13-,14-,18-,19+/m0/s1. The highest BCUT2D eigenvalue weighted by Crippen LogP contribution is 2.57. The van der Waals surface area contributed by atoms with Gasteiger partial charge in [0.2, 0.25) is 0 Å². The predicted molar refractivity (Wildman–Crippen MR) is 92.8 cm³/mol. The van der Waals surface area contributed by atoms with Gasteiger partial charge in [0.05, 0.1) is 11.5 Å². The smallest absolute Gasteiger partial charge is 0.307 e. The fourth-order valence-corrected chi connectivity index (χ4v) is 4.63. The van der Waals surface area contributed by atoms with Crippen LogP contribution in [0, 0.1) is 22.7 Å². The fourth-order valence-electron chi connectivity index (χ4n) is 4.63. The zero-order valence-electron chi connectivity index (χ0n) is 15.8. The van der Waals surface area contributed by atoms with E-state index in [4.69, 9.17) is 0 Å². The van der Waals surface area contributed by atoms with E-state index in [1.807, 2.05) is 13.8 Å². The van der Waals surface area contributed by atoms with Crippen LogP contribution in [0.3, 0.4) is 0 Å². The van der Waals surface area contributed by atoms with E-state index in [2.05, 4.69) is 13.8 Å². The molecule has 3 N–H and O–H groups in total. The average Bonchev–Trinajstić information content (AvgIpc) is 2.42. The maximum atomic E-state index is 12.0. The normalized spacial score (nSPS) is 30.3. The second kappa shape index (κ2) is 7.42. The van der Waals surface area contributed by atoms with E-state index < -0.39 is 28.9 Å². The maximum absolute atomic E-state index is 12.0. The van der Waals surface area contributed by atoms with Crippen molar-refractivity contribution in [1.29, 1.82) is 0 Å². The molecule has 0 amide bonds. The third kappa shape index (κ3) is 4.71. The Labute approximate surface area is 145 Å². The van der Waals surface area contributed by atoms with Crippen LogP contribution in [0.2, 0.25) is 0 Å². The van der Waals surface area contributed by atoms with Gasteiger partial charge in [0.25, 0.3) is 0 Å². The van der Waals surface area contributed by atoms with Gasteiger partial charge in [-0.1, -0.05) is 34.1 Å². The molecular weight excluding hydrogens is 308 g/mol. The van der Waals surface area contributed by atoms with Crippen molar-refractivity contribution < 1.29 is 24.9 Å². The Kier molecular flexibility index (Phi) is 6.48. The highest BCUT2D eigenvalue weighted by Gasteiger charge is 2.53. The minimum atomic E-state index is -0.878. The SMILES string of the molecule is CC[C@](C)(O)CC[C@@H](C(=O)O)[C@@]1(C)CCCC(C)(C)[C@@H]1CC(=O)O. The van der Waals surface area contributed by atoms with Crippen LogP contribution in [-0.4, -0.2) is 32.9 Å². The molecule has 5 heteroatoms. The molecule has 0 saturated heterocycles. The van der Waals surface area contributed by atoms with Crippen LogP contribution in [0.25, 0.3) is 0 Å². The number of carboxylic acids is 2. The van der Waals surface area contributed by atoms with Crippen molar-refractivity contribution in [2.75, 3.05) is 0 Å². The van der Waals surface area contributed by atoms with E-state index in [-0.39, 0.29) is 17.8 Å². The predicted octanol–water partition coefficient (Wildman–Crippen LogP) is 3.94. The molecule has 0 heterocycles. The highest BCUT2D eigenvalue weighted by atomic mass is 16.4. The second-order valence-electron chi connectivity index (χ2n) is 8.78. The molecule has 5 nitrogen and oxygen atoms in total. The van der Waals surface area contributed by atoms with Gasteiger partial charge < -0.3 is 15.3 Å². The molecule has 0 radical (unpaired) electrons. The summed E-state index contributed by atoms with van der Waals surface area (Å²) in [6, 6.07) is 0. The zero-order chi connectivity index (χ0) is 18.8. The van der Waals surface area contributed by atoms with Crippen LogP contribution in [0.1, 0.15) is 79.6 Å². The first kappa shape index (κ1) is 20.9. The molecule has 24 heavy (non-hydrogen) atoms. The first-order valence-electron chi connectivity index (χ1n) is 9.03. The summed E-state index contributed by atoms with van der Waals surface area (Å²) in [4.78, 5) is 23.4. The molecule has 1 rings (SSSR count). The van der Waals surface area contributed by atoms with Crippen LogP contribution >= 0.6 is 0 Å². The van der Waals surface area contributed by atoms with E-state index in [0.29, 0.717) is 19.3 Å². The van der Waals surface area contributed by atoms with E-state index in [0.717, 1.165) is 19.3 Å². The minimum Gasteiger partial charge on any atom is -0.481 e. The molecule has 0 aromatic heterocycles. The number of aliphatic carboxylic acids is 2. The molecule has 0 unspecified atom stereocenters. The summed E-state index contributed by atoms with van der Waals surface area (Å²) in [6.07, 6.45) is 3.90. The van der Waals surface area contributed by atoms with Crippen molar-refractivity contribution in [1.82, 2.24) is 0 Å². The lowest BCUT2D eigenvalue weighted by atomic mass is 9.51. The molecular formula is C19H34O5. The molecule has 140 valence electrons. The Bertz CT molecular complexity index is 468. The summed E-state index contributed by atoms with van der Waals surface area (Å²) in [5.41, 5.74) is -1.65. The summed E-state index contributed by atoms with van der Waals surface area (Å²) >= 11 is 0. The summed E-state index contributed by atoms with van der Waals surface area (Å²) in [5, 5.41) is 29.5. The Morgan fingerprint density at radius 3 is 2.25 bits per heavy atom. The number of hydrogen-bond donors (Lipinski definition) is 3. The molecule has 4 atom stereocenters. The molecule has 0 aromatic carbocycles. The van der Waals surface area contributed by atoms with Crippen LogP contribution < -0.4 is 0 Å². The largest absolute Gasteiger partial charge is 0.481 e. The lowest BCUT2D eigenvalue weighted by Crippen LogP contribution is -2.49. The second-order valence-corrected chi connectivity index (χ2v) is 8.78. The third-order valence-corrected chi connectivity index (χ3v) is 6.48. The molecule has 0 aliphatic heterocycles. The topological polar surface area (TPSA) is 94.8 Å². The minimum absolute atomic E-state index is 0.00253. The van der Waals surface area contributed by atoms with E-state index in [1.54, 1.807) is 6.92 Å². The van der Waals surface area contributed by atoms with E-state index in [1.165, 1.54) is 0 Å². The molecule has 0 aromatic rings. The fraction of sp³-hybridized carbons (Fsp3) is 0.895. The van der Waals surface area contributed by atoms with Gasteiger partial charge in [-0.05, 0) is 55.8 Å². The third-order valence-electron chi connectivity index (χ3n) is 6.48. The Hall–Kier alpha value is -1.10. The van der Waals surface area contributed by atoms with Crippen molar-refractivity contribution in [3.8, 4) is 0 Å². The number of carboxylic acid groups (broad SMARTS) is 2. The molecule has 1 saturated carbocycles. The van der Waals surface area contributed by atoms with Gasteiger partial charge in [-0.15, -0.1) is 0 Å². The number of rotatable bonds is 8. The quantitative estimate of drug-likeness (QED) is 0.621. The number of hydrogen-bond acceptors (Lipinski definition) is 3. The summed E-state index contributed by atoms with van der Waals surface area (Å²) in [7, 11) is 0. The van der Waals surface area contributed by atoms with Crippen molar-refractivity contribution in [3.63, 3.8) is 0 Å². The van der Waals surface area contributed by atoms with Crippen LogP contribution in [-0.2, 0) is 9.59 Å². The zero-order valence-corrected chi connectivity index (χ0v) is 15.8. The summed E-state index contributed by atoms with van der Waals surface area (Å²) < 4.78 is 0. The number of carbonyl (C=O) groups is 2. The molecule has 0 bridgehead atoms. The van der Waals surface area contributed by atoms with E-state index >= 15 is 0 Å². The van der Waals surface area contributed by atoms with Gasteiger partial charge in [0, 0.05) is 6.42 Å². The Morgan fingerprint density at radius 1 is 1.21 bits per heavy atom. The van der Waals surface area contributed by atoms with Gasteiger partial charge >= 0.3 is 11.9 Å². The monoisotopic (exact) mass is 342 g/mol. The molecule has 0 spiro atoms. The van der Waals surface area contributed by atoms with Gasteiger partial charge in [0.15, 0.2) is 0 Å². The van der Waals surface area contributed by atoms with Crippen molar-refractivity contribution in [2.24, 2.45) is 22.7 Å². The van der Waals surface area contributed by atoms with Gasteiger partial charge in [-0.2, -0.15) is 0 Å². The van der Waals surface area contributed by atoms with Crippen molar-refractivity contribution in [2.45, 2.75) is 85.2 Å². The van der Waals surface area contributed by atoms with E-state index in [9.17, 15) is 24.9 Å². The van der Waals surface area contributed by atoms with Gasteiger partial charge in [-0.3, -0.25) is 9.59 Å². The Balaban J connectivity index is 3.15. The summed E-state index contributed by atoms with van der Waals surface area (Å²) in [6.45, 7) is 9.67. The first-order chi connectivity index (χ1) is 10.9. The lowest BCUT2D eigenvalue weighted by molar-refractivity contribution is -0.159. The van der Waals surface area contributed by atoms with Crippen LogP contribution in [0.5, 0.6) is 0 Å².